The first kappa shape index (κ1) is 13.4. The number of hydrogen-bond donors (Lipinski definition) is 1. The summed E-state index contributed by atoms with van der Waals surface area (Å²) in [6, 6.07) is 5.82. The van der Waals surface area contributed by atoms with Gasteiger partial charge in [0.1, 0.15) is 16.8 Å². The van der Waals surface area contributed by atoms with Crippen LogP contribution < -0.4 is 5.32 Å². The van der Waals surface area contributed by atoms with Gasteiger partial charge in [0.05, 0.1) is 16.9 Å². The summed E-state index contributed by atoms with van der Waals surface area (Å²) < 4.78 is 26.2. The molecular formula is C13H9ClF2N2O. The molecule has 1 N–H and O–H groups in total. The summed E-state index contributed by atoms with van der Waals surface area (Å²) in [4.78, 5) is 15.8. The third-order valence-electron chi connectivity index (χ3n) is 2.48. The number of halogens is 3. The van der Waals surface area contributed by atoms with Gasteiger partial charge in [-0.2, -0.15) is 0 Å². The summed E-state index contributed by atoms with van der Waals surface area (Å²) in [5.41, 5.74) is 0.678. The predicted molar refractivity (Wildman–Crippen MR) is 68.3 cm³/mol. The summed E-state index contributed by atoms with van der Waals surface area (Å²) in [5.74, 6) is -2.33. The van der Waals surface area contributed by atoms with Crippen LogP contribution >= 0.6 is 11.6 Å². The lowest BCUT2D eigenvalue weighted by Crippen LogP contribution is -2.15. The number of rotatable bonds is 2. The lowest BCUT2D eigenvalue weighted by molar-refractivity contribution is 0.102. The lowest BCUT2D eigenvalue weighted by Gasteiger charge is -2.08. The van der Waals surface area contributed by atoms with Gasteiger partial charge in [-0.15, -0.1) is 0 Å². The largest absolute Gasteiger partial charge is 0.320 e. The Labute approximate surface area is 113 Å². The maximum Gasteiger partial charge on any atom is 0.258 e. The van der Waals surface area contributed by atoms with Gasteiger partial charge in [0.15, 0.2) is 0 Å². The number of carbonyl (C=O) groups is 1. The quantitative estimate of drug-likeness (QED) is 0.856. The molecule has 6 heteroatoms. The summed E-state index contributed by atoms with van der Waals surface area (Å²) in [6.45, 7) is 1.66. The standard InChI is InChI=1S/C13H9ClF2N2O/c1-7-11(4-5-12(14)17-7)18-13(19)9-3-2-8(15)6-10(9)16/h2-6H,1H3,(H,18,19). The SMILES string of the molecule is Cc1nc(Cl)ccc1NC(=O)c1ccc(F)cc1F. The van der Waals surface area contributed by atoms with Crippen molar-refractivity contribution in [1.29, 1.82) is 0 Å². The van der Waals surface area contributed by atoms with Crippen molar-refractivity contribution in [2.75, 3.05) is 5.32 Å². The number of aromatic nitrogens is 1. The van der Waals surface area contributed by atoms with Crippen LogP contribution in [-0.2, 0) is 0 Å². The van der Waals surface area contributed by atoms with Crippen LogP contribution in [-0.4, -0.2) is 10.9 Å². The number of hydrogen-bond acceptors (Lipinski definition) is 2. The van der Waals surface area contributed by atoms with Crippen molar-refractivity contribution >= 4 is 23.2 Å². The van der Waals surface area contributed by atoms with Crippen molar-refractivity contribution in [3.63, 3.8) is 0 Å². The number of aryl methyl sites for hydroxylation is 1. The van der Waals surface area contributed by atoms with E-state index in [2.05, 4.69) is 10.3 Å². The molecule has 2 aromatic rings. The molecule has 0 saturated heterocycles. The van der Waals surface area contributed by atoms with Crippen molar-refractivity contribution in [3.8, 4) is 0 Å². The Morgan fingerprint density at radius 3 is 2.63 bits per heavy atom. The summed E-state index contributed by atoms with van der Waals surface area (Å²) in [5, 5.41) is 2.79. The van der Waals surface area contributed by atoms with Gasteiger partial charge in [0, 0.05) is 6.07 Å². The maximum atomic E-state index is 13.4. The van der Waals surface area contributed by atoms with Crippen LogP contribution in [0.3, 0.4) is 0 Å². The van der Waals surface area contributed by atoms with Crippen LogP contribution in [0.1, 0.15) is 16.1 Å². The van der Waals surface area contributed by atoms with Crippen molar-refractivity contribution in [2.45, 2.75) is 6.92 Å². The molecule has 0 aliphatic rings. The first-order valence-corrected chi connectivity index (χ1v) is 5.74. The van der Waals surface area contributed by atoms with Crippen molar-refractivity contribution in [3.05, 3.63) is 58.4 Å². The summed E-state index contributed by atoms with van der Waals surface area (Å²) >= 11 is 5.69. The van der Waals surface area contributed by atoms with E-state index in [1.807, 2.05) is 0 Å². The van der Waals surface area contributed by atoms with Gasteiger partial charge in [-0.05, 0) is 31.2 Å². The minimum Gasteiger partial charge on any atom is -0.320 e. The molecule has 3 nitrogen and oxygen atoms in total. The Morgan fingerprint density at radius 1 is 1.26 bits per heavy atom. The fourth-order valence-corrected chi connectivity index (χ4v) is 1.72. The van der Waals surface area contributed by atoms with E-state index in [0.29, 0.717) is 22.6 Å². The molecule has 0 atom stereocenters. The molecule has 0 unspecified atom stereocenters. The van der Waals surface area contributed by atoms with Crippen LogP contribution in [0.5, 0.6) is 0 Å². The smallest absolute Gasteiger partial charge is 0.258 e. The molecule has 0 radical (unpaired) electrons. The maximum absolute atomic E-state index is 13.4. The molecule has 0 aliphatic carbocycles. The van der Waals surface area contributed by atoms with Gasteiger partial charge in [0.25, 0.3) is 5.91 Å². The fourth-order valence-electron chi connectivity index (χ4n) is 1.53. The van der Waals surface area contributed by atoms with Gasteiger partial charge in [-0.1, -0.05) is 11.6 Å². The molecule has 98 valence electrons. The van der Waals surface area contributed by atoms with Crippen molar-refractivity contribution < 1.29 is 13.6 Å². The first-order valence-electron chi connectivity index (χ1n) is 5.37. The highest BCUT2D eigenvalue weighted by molar-refractivity contribution is 6.29. The molecule has 0 bridgehead atoms. The molecule has 19 heavy (non-hydrogen) atoms. The number of benzene rings is 1. The number of pyridine rings is 1. The monoisotopic (exact) mass is 282 g/mol. The number of anilines is 1. The lowest BCUT2D eigenvalue weighted by atomic mass is 10.2. The van der Waals surface area contributed by atoms with Gasteiger partial charge in [0.2, 0.25) is 0 Å². The Bertz CT molecular complexity index is 647. The minimum absolute atomic E-state index is 0.240. The number of amides is 1. The second kappa shape index (κ2) is 5.32. The number of carbonyl (C=O) groups excluding carboxylic acids is 1. The number of nitrogens with one attached hydrogen (secondary N) is 1. The third-order valence-corrected chi connectivity index (χ3v) is 2.69. The Hall–Kier alpha value is -2.01. The first-order chi connectivity index (χ1) is 8.97. The average molecular weight is 283 g/mol. The van der Waals surface area contributed by atoms with E-state index in [4.69, 9.17) is 11.6 Å². The van der Waals surface area contributed by atoms with Crippen molar-refractivity contribution in [2.24, 2.45) is 0 Å². The molecule has 0 saturated carbocycles. The molecule has 0 fully saturated rings. The molecule has 0 aliphatic heterocycles. The van der Waals surface area contributed by atoms with Crippen LogP contribution in [0.2, 0.25) is 5.15 Å². The highest BCUT2D eigenvalue weighted by Crippen LogP contribution is 2.18. The highest BCUT2D eigenvalue weighted by Gasteiger charge is 2.13. The number of nitrogens with zero attached hydrogens (tertiary/aromatic N) is 1. The summed E-state index contributed by atoms with van der Waals surface area (Å²) in [6.07, 6.45) is 0. The van der Waals surface area contributed by atoms with E-state index in [0.717, 1.165) is 12.1 Å². The summed E-state index contributed by atoms with van der Waals surface area (Å²) in [7, 11) is 0. The Morgan fingerprint density at radius 2 is 2.00 bits per heavy atom. The molecule has 1 aromatic heterocycles. The van der Waals surface area contributed by atoms with E-state index in [-0.39, 0.29) is 5.56 Å². The zero-order chi connectivity index (χ0) is 14.0. The van der Waals surface area contributed by atoms with Gasteiger partial charge >= 0.3 is 0 Å². The Balaban J connectivity index is 2.25. The molecule has 0 spiro atoms. The predicted octanol–water partition coefficient (Wildman–Crippen LogP) is 3.57. The topological polar surface area (TPSA) is 42.0 Å². The Kier molecular flexibility index (Phi) is 3.76. The van der Waals surface area contributed by atoms with E-state index in [1.165, 1.54) is 6.07 Å². The highest BCUT2D eigenvalue weighted by atomic mass is 35.5. The van der Waals surface area contributed by atoms with Crippen LogP contribution in [0.4, 0.5) is 14.5 Å². The van der Waals surface area contributed by atoms with E-state index in [9.17, 15) is 13.6 Å². The second-order valence-corrected chi connectivity index (χ2v) is 4.23. The van der Waals surface area contributed by atoms with E-state index in [1.54, 1.807) is 13.0 Å². The van der Waals surface area contributed by atoms with E-state index < -0.39 is 17.5 Å². The normalized spacial score (nSPS) is 10.3. The van der Waals surface area contributed by atoms with Gasteiger partial charge in [-0.25, -0.2) is 13.8 Å². The zero-order valence-electron chi connectivity index (χ0n) is 9.88. The zero-order valence-corrected chi connectivity index (χ0v) is 10.6. The molecule has 2 rings (SSSR count). The minimum atomic E-state index is -0.919. The fraction of sp³-hybridized carbons (Fsp3) is 0.0769. The van der Waals surface area contributed by atoms with Crippen LogP contribution in [0.25, 0.3) is 0 Å². The van der Waals surface area contributed by atoms with Crippen molar-refractivity contribution in [1.82, 2.24) is 4.98 Å². The third kappa shape index (κ3) is 3.06. The second-order valence-electron chi connectivity index (χ2n) is 3.85. The molecule has 1 amide bonds. The molecule has 1 heterocycles. The van der Waals surface area contributed by atoms with Gasteiger partial charge in [-0.3, -0.25) is 4.79 Å². The molecule has 1 aromatic carbocycles. The van der Waals surface area contributed by atoms with Crippen LogP contribution in [0, 0.1) is 18.6 Å². The van der Waals surface area contributed by atoms with Gasteiger partial charge < -0.3 is 5.32 Å². The van der Waals surface area contributed by atoms with E-state index >= 15 is 0 Å². The molecular weight excluding hydrogens is 274 g/mol. The average Bonchev–Trinajstić information content (AvgIpc) is 2.32. The van der Waals surface area contributed by atoms with Crippen LogP contribution in [0.15, 0.2) is 30.3 Å².